The second-order valence-corrected chi connectivity index (χ2v) is 5.52. The molecule has 0 unspecified atom stereocenters. The van der Waals surface area contributed by atoms with Crippen molar-refractivity contribution in [1.82, 2.24) is 10.6 Å². The lowest BCUT2D eigenvalue weighted by Crippen LogP contribution is -2.35. The number of ether oxygens (including phenoxy) is 1. The SMILES string of the molecule is COc1ccc(/C=C(/NC(=O)c2ccco2)C(=O)NCCCC(=O)O)cc1. The number of carbonyl (C=O) groups excluding carboxylic acids is 2. The Morgan fingerprint density at radius 2 is 1.93 bits per heavy atom. The van der Waals surface area contributed by atoms with Crippen molar-refractivity contribution >= 4 is 23.9 Å². The van der Waals surface area contributed by atoms with E-state index in [1.165, 1.54) is 18.4 Å². The van der Waals surface area contributed by atoms with E-state index >= 15 is 0 Å². The number of aliphatic carboxylic acids is 1. The van der Waals surface area contributed by atoms with Gasteiger partial charge in [0.05, 0.1) is 13.4 Å². The van der Waals surface area contributed by atoms with Crippen LogP contribution in [0.5, 0.6) is 5.75 Å². The van der Waals surface area contributed by atoms with Crippen molar-refractivity contribution in [2.75, 3.05) is 13.7 Å². The van der Waals surface area contributed by atoms with Gasteiger partial charge in [0, 0.05) is 13.0 Å². The fourth-order valence-electron chi connectivity index (χ4n) is 2.15. The average molecular weight is 372 g/mol. The molecule has 1 aromatic carbocycles. The van der Waals surface area contributed by atoms with Crippen molar-refractivity contribution in [3.63, 3.8) is 0 Å². The zero-order valence-electron chi connectivity index (χ0n) is 14.7. The Kier molecular flexibility index (Phi) is 7.18. The highest BCUT2D eigenvalue weighted by Crippen LogP contribution is 2.14. The van der Waals surface area contributed by atoms with Crippen LogP contribution in [0.15, 0.2) is 52.8 Å². The molecule has 0 atom stereocenters. The van der Waals surface area contributed by atoms with Crippen LogP contribution < -0.4 is 15.4 Å². The lowest BCUT2D eigenvalue weighted by molar-refractivity contribution is -0.137. The van der Waals surface area contributed by atoms with E-state index < -0.39 is 17.8 Å². The maximum atomic E-state index is 12.4. The molecule has 0 aliphatic heterocycles. The molecule has 0 bridgehead atoms. The zero-order valence-corrected chi connectivity index (χ0v) is 14.7. The summed E-state index contributed by atoms with van der Waals surface area (Å²) in [6.07, 6.45) is 3.08. The summed E-state index contributed by atoms with van der Waals surface area (Å²) in [6.45, 7) is 0.168. The summed E-state index contributed by atoms with van der Waals surface area (Å²) in [5.41, 5.74) is 0.683. The fraction of sp³-hybridized carbons (Fsp3) is 0.211. The molecule has 0 radical (unpaired) electrons. The number of hydrogen-bond donors (Lipinski definition) is 3. The maximum Gasteiger partial charge on any atom is 0.303 e. The third kappa shape index (κ3) is 6.35. The van der Waals surface area contributed by atoms with Crippen LogP contribution in [0.1, 0.15) is 29.0 Å². The van der Waals surface area contributed by atoms with E-state index in [0.717, 1.165) is 0 Å². The highest BCUT2D eigenvalue weighted by molar-refractivity contribution is 6.04. The Morgan fingerprint density at radius 3 is 2.52 bits per heavy atom. The van der Waals surface area contributed by atoms with E-state index in [2.05, 4.69) is 10.6 Å². The van der Waals surface area contributed by atoms with Gasteiger partial charge in [-0.25, -0.2) is 0 Å². The molecule has 27 heavy (non-hydrogen) atoms. The number of rotatable bonds is 9. The molecule has 142 valence electrons. The van der Waals surface area contributed by atoms with E-state index in [0.29, 0.717) is 11.3 Å². The molecule has 0 saturated heterocycles. The van der Waals surface area contributed by atoms with Gasteiger partial charge < -0.3 is 24.9 Å². The Bertz CT molecular complexity index is 809. The first-order valence-corrected chi connectivity index (χ1v) is 8.20. The maximum absolute atomic E-state index is 12.4. The van der Waals surface area contributed by atoms with Gasteiger partial charge in [-0.3, -0.25) is 14.4 Å². The van der Waals surface area contributed by atoms with Crippen LogP contribution in [-0.2, 0) is 9.59 Å². The van der Waals surface area contributed by atoms with Crippen LogP contribution in [-0.4, -0.2) is 36.5 Å². The smallest absolute Gasteiger partial charge is 0.303 e. The third-order valence-corrected chi connectivity index (χ3v) is 3.52. The molecule has 3 N–H and O–H groups in total. The molecule has 0 saturated carbocycles. The minimum atomic E-state index is -0.940. The quantitative estimate of drug-likeness (QED) is 0.458. The molecule has 0 aliphatic rings. The molecule has 1 aromatic heterocycles. The molecular weight excluding hydrogens is 352 g/mol. The second-order valence-electron chi connectivity index (χ2n) is 5.52. The van der Waals surface area contributed by atoms with Gasteiger partial charge in [0.15, 0.2) is 5.76 Å². The normalized spacial score (nSPS) is 10.9. The van der Waals surface area contributed by atoms with Crippen LogP contribution in [0.2, 0.25) is 0 Å². The predicted molar refractivity (Wildman–Crippen MR) is 97.0 cm³/mol. The van der Waals surface area contributed by atoms with E-state index in [4.69, 9.17) is 14.3 Å². The van der Waals surface area contributed by atoms with E-state index in [-0.39, 0.29) is 30.8 Å². The monoisotopic (exact) mass is 372 g/mol. The summed E-state index contributed by atoms with van der Waals surface area (Å²) in [7, 11) is 1.55. The molecule has 8 heteroatoms. The molecule has 2 amide bonds. The summed E-state index contributed by atoms with van der Waals surface area (Å²) in [5, 5.41) is 13.8. The van der Waals surface area contributed by atoms with Gasteiger partial charge in [-0.1, -0.05) is 12.1 Å². The van der Waals surface area contributed by atoms with Gasteiger partial charge in [-0.05, 0) is 42.3 Å². The number of carboxylic acids is 1. The van der Waals surface area contributed by atoms with Crippen LogP contribution in [0.25, 0.3) is 6.08 Å². The van der Waals surface area contributed by atoms with E-state index in [1.807, 2.05) is 0 Å². The van der Waals surface area contributed by atoms with E-state index in [9.17, 15) is 14.4 Å². The number of hydrogen-bond acceptors (Lipinski definition) is 5. The topological polar surface area (TPSA) is 118 Å². The molecule has 0 fully saturated rings. The number of furan rings is 1. The first-order valence-electron chi connectivity index (χ1n) is 8.20. The summed E-state index contributed by atoms with van der Waals surface area (Å²) < 4.78 is 10.1. The largest absolute Gasteiger partial charge is 0.497 e. The third-order valence-electron chi connectivity index (χ3n) is 3.52. The van der Waals surface area contributed by atoms with Crippen molar-refractivity contribution < 1.29 is 28.6 Å². The zero-order chi connectivity index (χ0) is 19.6. The number of methoxy groups -OCH3 is 1. The molecule has 1 heterocycles. The Labute approximate surface area is 155 Å². The Hall–Kier alpha value is -3.55. The van der Waals surface area contributed by atoms with Crippen molar-refractivity contribution in [1.29, 1.82) is 0 Å². The summed E-state index contributed by atoms with van der Waals surface area (Å²) in [4.78, 5) is 35.2. The highest BCUT2D eigenvalue weighted by Gasteiger charge is 2.16. The molecule has 8 nitrogen and oxygen atoms in total. The molecule has 0 aliphatic carbocycles. The molecule has 0 spiro atoms. The molecule has 2 aromatic rings. The summed E-state index contributed by atoms with van der Waals surface area (Å²) in [5.74, 6) is -1.32. The minimum Gasteiger partial charge on any atom is -0.497 e. The predicted octanol–water partition coefficient (Wildman–Crippen LogP) is 2.04. The van der Waals surface area contributed by atoms with Gasteiger partial charge in [0.2, 0.25) is 0 Å². The average Bonchev–Trinajstić information content (AvgIpc) is 3.20. The minimum absolute atomic E-state index is 0.0110. The lowest BCUT2D eigenvalue weighted by Gasteiger charge is -2.10. The van der Waals surface area contributed by atoms with Crippen LogP contribution in [0.4, 0.5) is 0 Å². The summed E-state index contributed by atoms with van der Waals surface area (Å²) in [6, 6.07) is 9.95. The molecule has 2 rings (SSSR count). The number of carboxylic acid groups (broad SMARTS) is 1. The number of nitrogens with one attached hydrogen (secondary N) is 2. The first kappa shape index (κ1) is 19.8. The summed E-state index contributed by atoms with van der Waals surface area (Å²) >= 11 is 0. The Morgan fingerprint density at radius 1 is 1.19 bits per heavy atom. The fourth-order valence-corrected chi connectivity index (χ4v) is 2.15. The lowest BCUT2D eigenvalue weighted by atomic mass is 10.1. The van der Waals surface area contributed by atoms with Crippen LogP contribution >= 0.6 is 0 Å². The number of amides is 2. The second kappa shape index (κ2) is 9.81. The standard InChI is InChI=1S/C19H20N2O6/c1-26-14-8-6-13(7-9-14)12-15(18(24)20-10-2-5-17(22)23)21-19(25)16-4-3-11-27-16/h3-4,6-9,11-12H,2,5,10H2,1H3,(H,20,24)(H,21,25)(H,22,23)/b15-12+. The van der Waals surface area contributed by atoms with Crippen molar-refractivity contribution in [3.8, 4) is 5.75 Å². The number of benzene rings is 1. The van der Waals surface area contributed by atoms with Gasteiger partial charge in [-0.15, -0.1) is 0 Å². The molecular formula is C19H20N2O6. The van der Waals surface area contributed by atoms with Crippen molar-refractivity contribution in [3.05, 3.63) is 59.7 Å². The van der Waals surface area contributed by atoms with Crippen LogP contribution in [0.3, 0.4) is 0 Å². The Balaban J connectivity index is 2.13. The first-order chi connectivity index (χ1) is 13.0. The van der Waals surface area contributed by atoms with Crippen LogP contribution in [0, 0.1) is 0 Å². The van der Waals surface area contributed by atoms with Crippen molar-refractivity contribution in [2.45, 2.75) is 12.8 Å². The highest BCUT2D eigenvalue weighted by atomic mass is 16.5. The van der Waals surface area contributed by atoms with Gasteiger partial charge in [-0.2, -0.15) is 0 Å². The van der Waals surface area contributed by atoms with E-state index in [1.54, 1.807) is 37.4 Å². The number of carbonyl (C=O) groups is 3. The van der Waals surface area contributed by atoms with Gasteiger partial charge in [0.1, 0.15) is 11.4 Å². The van der Waals surface area contributed by atoms with Crippen molar-refractivity contribution in [2.24, 2.45) is 0 Å². The van der Waals surface area contributed by atoms with Gasteiger partial charge >= 0.3 is 5.97 Å². The van der Waals surface area contributed by atoms with Gasteiger partial charge in [0.25, 0.3) is 11.8 Å².